The summed E-state index contributed by atoms with van der Waals surface area (Å²) in [7, 11) is 0. The lowest BCUT2D eigenvalue weighted by Gasteiger charge is -2.18. The number of amidine groups is 1. The minimum atomic E-state index is -0.175. The molecule has 0 atom stereocenters. The number of hydrogen-bond acceptors (Lipinski definition) is 6. The Morgan fingerprint density at radius 3 is 2.96 bits per heavy atom. The minimum Gasteiger partial charge on any atom is -0.486 e. The molecule has 0 aromatic heterocycles. The van der Waals surface area contributed by atoms with Crippen molar-refractivity contribution in [2.45, 2.75) is 4.90 Å². The third-order valence-corrected chi connectivity index (χ3v) is 5.61. The van der Waals surface area contributed by atoms with E-state index in [-0.39, 0.29) is 5.91 Å². The van der Waals surface area contributed by atoms with Crippen molar-refractivity contribution in [1.29, 1.82) is 0 Å². The number of hydrogen-bond donors (Lipinski definition) is 1. The van der Waals surface area contributed by atoms with E-state index in [9.17, 15) is 4.79 Å². The van der Waals surface area contributed by atoms with Crippen LogP contribution in [0, 0.1) is 0 Å². The molecule has 2 aromatic carbocycles. The molecule has 3 heterocycles. The van der Waals surface area contributed by atoms with Crippen LogP contribution < -0.4 is 19.7 Å². The fourth-order valence-electron chi connectivity index (χ4n) is 3.25. The number of nitrogens with one attached hydrogen (secondary N) is 1. The van der Waals surface area contributed by atoms with Crippen LogP contribution in [0.5, 0.6) is 11.5 Å². The molecule has 0 saturated heterocycles. The van der Waals surface area contributed by atoms with Crippen LogP contribution in [0.1, 0.15) is 5.56 Å². The summed E-state index contributed by atoms with van der Waals surface area (Å²) < 4.78 is 11.1. The number of carbonyl (C=O) groups excluding carboxylic acids is 1. The lowest BCUT2D eigenvalue weighted by Crippen LogP contribution is -2.20. The molecule has 0 unspecified atom stereocenters. The maximum Gasteiger partial charge on any atom is 0.248 e. The van der Waals surface area contributed by atoms with E-state index in [1.807, 2.05) is 36.4 Å². The first kappa shape index (κ1) is 16.3. The van der Waals surface area contributed by atoms with Crippen molar-refractivity contribution in [2.24, 2.45) is 4.99 Å². The highest BCUT2D eigenvalue weighted by Crippen LogP contribution is 2.43. The molecule has 0 aliphatic carbocycles. The molecule has 7 heteroatoms. The molecule has 0 fully saturated rings. The van der Waals surface area contributed by atoms with Crippen LogP contribution in [-0.2, 0) is 4.79 Å². The van der Waals surface area contributed by atoms with Gasteiger partial charge in [0.2, 0.25) is 5.91 Å². The molecule has 6 nitrogen and oxygen atoms in total. The van der Waals surface area contributed by atoms with E-state index in [0.29, 0.717) is 19.0 Å². The zero-order chi connectivity index (χ0) is 18.2. The summed E-state index contributed by atoms with van der Waals surface area (Å²) in [6.45, 7) is 2.84. The molecule has 0 radical (unpaired) electrons. The fourth-order valence-corrected chi connectivity index (χ4v) is 4.31. The Morgan fingerprint density at radius 2 is 2.04 bits per heavy atom. The lowest BCUT2D eigenvalue weighted by molar-refractivity contribution is -0.111. The van der Waals surface area contributed by atoms with E-state index in [1.54, 1.807) is 17.8 Å². The van der Waals surface area contributed by atoms with Crippen molar-refractivity contribution in [2.75, 3.05) is 36.5 Å². The van der Waals surface area contributed by atoms with Crippen molar-refractivity contribution < 1.29 is 14.3 Å². The fraction of sp³-hybridized carbons (Fsp3) is 0.200. The Bertz CT molecular complexity index is 986. The van der Waals surface area contributed by atoms with Crippen molar-refractivity contribution in [1.82, 2.24) is 0 Å². The standard InChI is InChI=1S/C20H17N3O3S/c24-19(6-2-13-1-4-16-17(11-13)26-10-9-25-16)22-14-3-5-18-15(12-14)23-8-7-21-20(23)27-18/h1-6,11-12H,7-10H2,(H,22,24). The maximum absolute atomic E-state index is 12.3. The van der Waals surface area contributed by atoms with Gasteiger partial charge in [-0.15, -0.1) is 0 Å². The van der Waals surface area contributed by atoms with Crippen molar-refractivity contribution >= 4 is 40.3 Å². The Morgan fingerprint density at radius 1 is 1.15 bits per heavy atom. The number of rotatable bonds is 3. The van der Waals surface area contributed by atoms with E-state index in [4.69, 9.17) is 9.47 Å². The second-order valence-electron chi connectivity index (χ2n) is 6.33. The smallest absolute Gasteiger partial charge is 0.248 e. The van der Waals surface area contributed by atoms with Gasteiger partial charge in [-0.2, -0.15) is 0 Å². The average Bonchev–Trinajstić information content (AvgIpc) is 3.28. The number of anilines is 2. The van der Waals surface area contributed by atoms with E-state index < -0.39 is 0 Å². The van der Waals surface area contributed by atoms with Crippen molar-refractivity contribution in [3.8, 4) is 11.5 Å². The average molecular weight is 379 g/mol. The minimum absolute atomic E-state index is 0.175. The summed E-state index contributed by atoms with van der Waals surface area (Å²) >= 11 is 1.68. The molecular weight excluding hydrogens is 362 g/mol. The number of fused-ring (bicyclic) bond motifs is 4. The third-order valence-electron chi connectivity index (χ3n) is 4.51. The number of nitrogens with zero attached hydrogens (tertiary/aromatic N) is 2. The van der Waals surface area contributed by atoms with Gasteiger partial charge in [-0.25, -0.2) is 0 Å². The summed E-state index contributed by atoms with van der Waals surface area (Å²) in [5.74, 6) is 1.28. The second kappa shape index (κ2) is 6.66. The SMILES string of the molecule is O=C(C=Cc1ccc2c(c1)OCCO2)Nc1ccc2c(c1)N1CCN=C1S2. The van der Waals surface area contributed by atoms with Crippen LogP contribution >= 0.6 is 11.8 Å². The van der Waals surface area contributed by atoms with E-state index in [0.717, 1.165) is 40.9 Å². The van der Waals surface area contributed by atoms with E-state index in [1.165, 1.54) is 11.0 Å². The quantitative estimate of drug-likeness (QED) is 0.829. The largest absolute Gasteiger partial charge is 0.486 e. The number of ether oxygens (including phenoxy) is 2. The topological polar surface area (TPSA) is 63.2 Å². The molecule has 3 aliphatic heterocycles. The third kappa shape index (κ3) is 3.14. The van der Waals surface area contributed by atoms with Crippen molar-refractivity contribution in [3.05, 3.63) is 48.0 Å². The number of carbonyl (C=O) groups is 1. The summed E-state index contributed by atoms with van der Waals surface area (Å²) in [5, 5.41) is 3.97. The molecule has 27 heavy (non-hydrogen) atoms. The van der Waals surface area contributed by atoms with Crippen LogP contribution in [0.3, 0.4) is 0 Å². The molecule has 136 valence electrons. The van der Waals surface area contributed by atoms with Crippen LogP contribution in [0.2, 0.25) is 0 Å². The Kier molecular flexibility index (Phi) is 4.01. The first-order valence-electron chi connectivity index (χ1n) is 8.79. The summed E-state index contributed by atoms with van der Waals surface area (Å²) in [6.07, 6.45) is 3.29. The van der Waals surface area contributed by atoms with Gasteiger partial charge in [-0.3, -0.25) is 9.79 Å². The maximum atomic E-state index is 12.3. The van der Waals surface area contributed by atoms with Crippen LogP contribution in [0.4, 0.5) is 11.4 Å². The first-order chi connectivity index (χ1) is 13.3. The molecule has 0 bridgehead atoms. The van der Waals surface area contributed by atoms with Gasteiger partial charge in [0.15, 0.2) is 16.7 Å². The highest BCUT2D eigenvalue weighted by molar-refractivity contribution is 8.14. The first-order valence-corrected chi connectivity index (χ1v) is 9.60. The summed E-state index contributed by atoms with van der Waals surface area (Å²) in [6, 6.07) is 11.6. The zero-order valence-corrected chi connectivity index (χ0v) is 15.3. The summed E-state index contributed by atoms with van der Waals surface area (Å²) in [5.41, 5.74) is 2.78. The number of aliphatic imine (C=N–C) groups is 1. The molecule has 0 spiro atoms. The van der Waals surface area contributed by atoms with Gasteiger partial charge in [-0.1, -0.05) is 6.07 Å². The summed E-state index contributed by atoms with van der Waals surface area (Å²) in [4.78, 5) is 20.2. The molecule has 1 amide bonds. The monoisotopic (exact) mass is 379 g/mol. The van der Waals surface area contributed by atoms with Gasteiger partial charge >= 0.3 is 0 Å². The van der Waals surface area contributed by atoms with Gasteiger partial charge in [0, 0.05) is 23.2 Å². The van der Waals surface area contributed by atoms with E-state index in [2.05, 4.69) is 15.2 Å². The van der Waals surface area contributed by atoms with Gasteiger partial charge in [0.1, 0.15) is 13.2 Å². The van der Waals surface area contributed by atoms with Gasteiger partial charge in [0.05, 0.1) is 12.2 Å². The van der Waals surface area contributed by atoms with Gasteiger partial charge in [-0.05, 0) is 53.7 Å². The second-order valence-corrected chi connectivity index (χ2v) is 7.34. The highest BCUT2D eigenvalue weighted by atomic mass is 32.2. The van der Waals surface area contributed by atoms with Crippen LogP contribution in [0.25, 0.3) is 6.08 Å². The van der Waals surface area contributed by atoms with Crippen LogP contribution in [-0.4, -0.2) is 37.4 Å². The van der Waals surface area contributed by atoms with Crippen LogP contribution in [0.15, 0.2) is 52.4 Å². The predicted octanol–water partition coefficient (Wildman–Crippen LogP) is 3.39. The molecule has 2 aromatic rings. The molecule has 0 saturated carbocycles. The number of thioether (sulfide) groups is 1. The van der Waals surface area contributed by atoms with Crippen molar-refractivity contribution in [3.63, 3.8) is 0 Å². The molecular formula is C20H17N3O3S. The lowest BCUT2D eigenvalue weighted by atomic mass is 10.2. The Balaban J connectivity index is 1.28. The molecule has 1 N–H and O–H groups in total. The van der Waals surface area contributed by atoms with E-state index >= 15 is 0 Å². The number of amides is 1. The molecule has 5 rings (SSSR count). The van der Waals surface area contributed by atoms with Gasteiger partial charge in [0.25, 0.3) is 0 Å². The molecule has 3 aliphatic rings. The number of benzene rings is 2. The van der Waals surface area contributed by atoms with Gasteiger partial charge < -0.3 is 19.7 Å². The Hall–Kier alpha value is -2.93. The zero-order valence-electron chi connectivity index (χ0n) is 14.5. The Labute approximate surface area is 160 Å². The normalized spacial score (nSPS) is 16.9. The predicted molar refractivity (Wildman–Crippen MR) is 107 cm³/mol. The highest BCUT2D eigenvalue weighted by Gasteiger charge is 2.29.